The summed E-state index contributed by atoms with van der Waals surface area (Å²) in [5.41, 5.74) is 2.40. The Morgan fingerprint density at radius 2 is 1.52 bits per heavy atom. The average Bonchev–Trinajstić information content (AvgIpc) is 2.64. The van der Waals surface area contributed by atoms with Gasteiger partial charge >= 0.3 is 0 Å². The van der Waals surface area contributed by atoms with Crippen molar-refractivity contribution in [1.29, 1.82) is 0 Å². The van der Waals surface area contributed by atoms with E-state index in [-0.39, 0.29) is 12.5 Å². The van der Waals surface area contributed by atoms with Crippen LogP contribution in [0.2, 0.25) is 0 Å². The van der Waals surface area contributed by atoms with Gasteiger partial charge in [0.25, 0.3) is 0 Å². The second-order valence-electron chi connectivity index (χ2n) is 5.95. The Kier molecular flexibility index (Phi) is 7.50. The fourth-order valence-corrected chi connectivity index (χ4v) is 2.22. The third kappa shape index (κ3) is 7.08. The van der Waals surface area contributed by atoms with Crippen molar-refractivity contribution in [2.24, 2.45) is 4.99 Å². The van der Waals surface area contributed by atoms with Crippen molar-refractivity contribution in [3.63, 3.8) is 0 Å². The molecule has 5 nitrogen and oxygen atoms in total. The Bertz CT molecular complexity index is 669. The topological polar surface area (TPSA) is 56.7 Å². The molecule has 0 aliphatic rings. The maximum atomic E-state index is 11.8. The largest absolute Gasteiger partial charge is 0.356 e. The van der Waals surface area contributed by atoms with Crippen molar-refractivity contribution < 1.29 is 4.79 Å². The van der Waals surface area contributed by atoms with Gasteiger partial charge in [-0.2, -0.15) is 0 Å². The second-order valence-corrected chi connectivity index (χ2v) is 5.95. The molecule has 5 heteroatoms. The van der Waals surface area contributed by atoms with Crippen molar-refractivity contribution in [2.75, 3.05) is 27.2 Å². The van der Waals surface area contributed by atoms with Crippen molar-refractivity contribution in [3.05, 3.63) is 71.8 Å². The van der Waals surface area contributed by atoms with Gasteiger partial charge < -0.3 is 15.5 Å². The van der Waals surface area contributed by atoms with Gasteiger partial charge in [-0.05, 0) is 17.5 Å². The average molecular weight is 338 g/mol. The van der Waals surface area contributed by atoms with Crippen LogP contribution in [0.25, 0.3) is 0 Å². The van der Waals surface area contributed by atoms with Crippen LogP contribution in [0.1, 0.15) is 11.1 Å². The zero-order valence-electron chi connectivity index (χ0n) is 14.9. The number of carbonyl (C=O) groups is 1. The van der Waals surface area contributed by atoms with E-state index < -0.39 is 0 Å². The van der Waals surface area contributed by atoms with Crippen LogP contribution in [0.15, 0.2) is 65.7 Å². The highest BCUT2D eigenvalue weighted by atomic mass is 16.2. The summed E-state index contributed by atoms with van der Waals surface area (Å²) in [6, 6.07) is 20.3. The number of guanidine groups is 1. The van der Waals surface area contributed by atoms with Gasteiger partial charge in [0.05, 0.1) is 13.1 Å². The lowest BCUT2D eigenvalue weighted by atomic mass is 10.1. The lowest BCUT2D eigenvalue weighted by Gasteiger charge is -2.15. The minimum atomic E-state index is 0.0114. The number of rotatable bonds is 7. The standard InChI is InChI=1S/C20H26N4O/c1-24(2)19(25)16-23-20(22-15-18-11-7-4-8-12-18)21-14-13-17-9-5-3-6-10-17/h3-12H,13-16H2,1-2H3,(H2,21,22,23). The summed E-state index contributed by atoms with van der Waals surface area (Å²) in [7, 11) is 3.49. The Morgan fingerprint density at radius 3 is 2.12 bits per heavy atom. The Labute approximate surface area is 149 Å². The van der Waals surface area contributed by atoms with E-state index in [4.69, 9.17) is 0 Å². The van der Waals surface area contributed by atoms with Gasteiger partial charge in [-0.3, -0.25) is 4.79 Å². The highest BCUT2D eigenvalue weighted by Crippen LogP contribution is 2.00. The lowest BCUT2D eigenvalue weighted by molar-refractivity contribution is -0.127. The molecule has 2 rings (SSSR count). The summed E-state index contributed by atoms with van der Waals surface area (Å²) in [6.07, 6.45) is 0.897. The normalized spacial score (nSPS) is 11.0. The maximum Gasteiger partial charge on any atom is 0.241 e. The van der Waals surface area contributed by atoms with Crippen LogP contribution in [0.4, 0.5) is 0 Å². The molecule has 132 valence electrons. The summed E-state index contributed by atoms with van der Waals surface area (Å²) < 4.78 is 0. The molecule has 0 unspecified atom stereocenters. The van der Waals surface area contributed by atoms with Crippen molar-refractivity contribution in [1.82, 2.24) is 15.5 Å². The third-order valence-electron chi connectivity index (χ3n) is 3.72. The zero-order chi connectivity index (χ0) is 17.9. The van der Waals surface area contributed by atoms with Gasteiger partial charge in [-0.15, -0.1) is 0 Å². The van der Waals surface area contributed by atoms with Crippen LogP contribution in [-0.4, -0.2) is 44.0 Å². The van der Waals surface area contributed by atoms with Crippen LogP contribution < -0.4 is 10.6 Å². The van der Waals surface area contributed by atoms with Gasteiger partial charge in [-0.25, -0.2) is 4.99 Å². The minimum Gasteiger partial charge on any atom is -0.356 e. The minimum absolute atomic E-state index is 0.0114. The molecule has 0 heterocycles. The maximum absolute atomic E-state index is 11.8. The first-order chi connectivity index (χ1) is 12.1. The molecular formula is C20H26N4O. The van der Waals surface area contributed by atoms with E-state index in [0.717, 1.165) is 18.5 Å². The Morgan fingerprint density at radius 1 is 0.920 bits per heavy atom. The predicted octanol–water partition coefficient (Wildman–Crippen LogP) is 2.05. The van der Waals surface area contributed by atoms with Crippen LogP contribution in [0, 0.1) is 0 Å². The summed E-state index contributed by atoms with van der Waals surface area (Å²) in [6.45, 7) is 1.54. The smallest absolute Gasteiger partial charge is 0.241 e. The first kappa shape index (κ1) is 18.5. The fraction of sp³-hybridized carbons (Fsp3) is 0.300. The highest BCUT2D eigenvalue weighted by Gasteiger charge is 2.05. The number of likely N-dealkylation sites (N-methyl/N-ethyl adjacent to an activating group) is 1. The summed E-state index contributed by atoms with van der Waals surface area (Å²) in [5.74, 6) is 0.659. The number of amides is 1. The SMILES string of the molecule is CN(C)C(=O)CNC(=NCc1ccccc1)NCCc1ccccc1. The molecule has 0 fully saturated rings. The van der Waals surface area contributed by atoms with E-state index in [9.17, 15) is 4.79 Å². The van der Waals surface area contributed by atoms with E-state index in [2.05, 4.69) is 27.8 Å². The quantitative estimate of drug-likeness (QED) is 0.600. The summed E-state index contributed by atoms with van der Waals surface area (Å²) in [4.78, 5) is 17.9. The van der Waals surface area contributed by atoms with Crippen LogP contribution in [0.3, 0.4) is 0 Å². The van der Waals surface area contributed by atoms with E-state index in [0.29, 0.717) is 12.5 Å². The molecule has 0 aliphatic carbocycles. The third-order valence-corrected chi connectivity index (χ3v) is 3.72. The van der Waals surface area contributed by atoms with Gasteiger partial charge in [0, 0.05) is 20.6 Å². The molecular weight excluding hydrogens is 312 g/mol. The summed E-state index contributed by atoms with van der Waals surface area (Å²) in [5, 5.41) is 6.41. The molecule has 2 aromatic carbocycles. The number of aliphatic imine (C=N–C) groups is 1. The van der Waals surface area contributed by atoms with E-state index in [1.807, 2.05) is 48.5 Å². The van der Waals surface area contributed by atoms with E-state index in [1.165, 1.54) is 5.56 Å². The van der Waals surface area contributed by atoms with E-state index in [1.54, 1.807) is 19.0 Å². The molecule has 2 N–H and O–H groups in total. The zero-order valence-corrected chi connectivity index (χ0v) is 14.9. The van der Waals surface area contributed by atoms with Crippen molar-refractivity contribution in [3.8, 4) is 0 Å². The van der Waals surface area contributed by atoms with Crippen LogP contribution in [-0.2, 0) is 17.8 Å². The molecule has 25 heavy (non-hydrogen) atoms. The number of carbonyl (C=O) groups excluding carboxylic acids is 1. The van der Waals surface area contributed by atoms with Crippen LogP contribution >= 0.6 is 0 Å². The molecule has 0 bridgehead atoms. The number of benzene rings is 2. The van der Waals surface area contributed by atoms with Crippen LogP contribution in [0.5, 0.6) is 0 Å². The molecule has 0 atom stereocenters. The number of nitrogens with zero attached hydrogens (tertiary/aromatic N) is 2. The van der Waals surface area contributed by atoms with E-state index >= 15 is 0 Å². The second kappa shape index (κ2) is 10.1. The van der Waals surface area contributed by atoms with Gasteiger partial charge in [-0.1, -0.05) is 60.7 Å². The first-order valence-corrected chi connectivity index (χ1v) is 8.45. The number of nitrogens with one attached hydrogen (secondary N) is 2. The van der Waals surface area contributed by atoms with Crippen molar-refractivity contribution in [2.45, 2.75) is 13.0 Å². The highest BCUT2D eigenvalue weighted by molar-refractivity contribution is 5.86. The molecule has 0 saturated heterocycles. The molecule has 2 aromatic rings. The summed E-state index contributed by atoms with van der Waals surface area (Å²) >= 11 is 0. The monoisotopic (exact) mass is 338 g/mol. The molecule has 0 radical (unpaired) electrons. The fourth-order valence-electron chi connectivity index (χ4n) is 2.22. The Balaban J connectivity index is 1.91. The molecule has 0 saturated carbocycles. The first-order valence-electron chi connectivity index (χ1n) is 8.45. The number of hydrogen-bond acceptors (Lipinski definition) is 2. The Hall–Kier alpha value is -2.82. The molecule has 0 aliphatic heterocycles. The lowest BCUT2D eigenvalue weighted by Crippen LogP contribution is -2.43. The van der Waals surface area contributed by atoms with Gasteiger partial charge in [0.1, 0.15) is 0 Å². The predicted molar refractivity (Wildman–Crippen MR) is 102 cm³/mol. The van der Waals surface area contributed by atoms with Gasteiger partial charge in [0.2, 0.25) is 5.91 Å². The number of hydrogen-bond donors (Lipinski definition) is 2. The molecule has 0 spiro atoms. The van der Waals surface area contributed by atoms with Gasteiger partial charge in [0.15, 0.2) is 5.96 Å². The molecule has 0 aromatic heterocycles. The molecule has 1 amide bonds. The van der Waals surface area contributed by atoms with Crippen molar-refractivity contribution >= 4 is 11.9 Å².